The monoisotopic (exact) mass is 418 g/mol. The number of anilines is 1. The van der Waals surface area contributed by atoms with Gasteiger partial charge in [-0.2, -0.15) is 0 Å². The summed E-state index contributed by atoms with van der Waals surface area (Å²) < 4.78 is 7.25. The van der Waals surface area contributed by atoms with Crippen LogP contribution in [0.15, 0.2) is 42.5 Å². The van der Waals surface area contributed by atoms with Gasteiger partial charge in [-0.25, -0.2) is 4.79 Å². The maximum Gasteiger partial charge on any atom is 0.359 e. The number of hydrogen-bond donors (Lipinski definition) is 0. The minimum Gasteiger partial charge on any atom is -0.453 e. The van der Waals surface area contributed by atoms with Crippen molar-refractivity contribution in [1.82, 2.24) is 14.8 Å². The van der Waals surface area contributed by atoms with E-state index in [-0.39, 0.29) is 18.1 Å². The highest BCUT2D eigenvalue weighted by Crippen LogP contribution is 2.22. The molecule has 0 bridgehead atoms. The van der Waals surface area contributed by atoms with Crippen LogP contribution in [0.3, 0.4) is 0 Å². The van der Waals surface area contributed by atoms with Gasteiger partial charge in [0, 0.05) is 35.7 Å². The van der Waals surface area contributed by atoms with Gasteiger partial charge in [0.15, 0.2) is 18.1 Å². The van der Waals surface area contributed by atoms with E-state index in [2.05, 4.69) is 15.1 Å². The van der Waals surface area contributed by atoms with E-state index in [4.69, 9.17) is 4.74 Å². The Morgan fingerprint density at radius 2 is 1.68 bits per heavy atom. The second-order valence-corrected chi connectivity index (χ2v) is 7.93. The molecular weight excluding hydrogens is 392 g/mol. The fraction of sp³-hybridized carbons (Fsp3) is 0.333. The van der Waals surface area contributed by atoms with Gasteiger partial charge in [0.1, 0.15) is 0 Å². The van der Waals surface area contributed by atoms with Gasteiger partial charge in [-0.05, 0) is 63.9 Å². The first-order chi connectivity index (χ1) is 14.9. The number of hydrogen-bond acceptors (Lipinski definition) is 6. The zero-order chi connectivity index (χ0) is 22.0. The van der Waals surface area contributed by atoms with E-state index in [9.17, 15) is 9.59 Å². The molecule has 1 aliphatic rings. The zero-order valence-electron chi connectivity index (χ0n) is 18.1. The average Bonchev–Trinajstić information content (AvgIpc) is 3.41. The van der Waals surface area contributed by atoms with E-state index >= 15 is 0 Å². The second kappa shape index (κ2) is 8.71. The molecule has 0 N–H and O–H groups in total. The molecular formula is C24H26N4O3. The van der Waals surface area contributed by atoms with Gasteiger partial charge in [-0.15, -0.1) is 10.2 Å². The number of benzene rings is 1. The summed E-state index contributed by atoms with van der Waals surface area (Å²) in [5.74, 6) is -0.142. The van der Waals surface area contributed by atoms with Crippen molar-refractivity contribution in [3.8, 4) is 5.69 Å². The summed E-state index contributed by atoms with van der Waals surface area (Å²) in [6.45, 7) is 7.44. The molecule has 0 aliphatic carbocycles. The molecule has 3 aromatic rings. The molecule has 0 amide bonds. The number of nitrogens with zero attached hydrogens (tertiary/aromatic N) is 4. The number of aromatic nitrogens is 3. The second-order valence-electron chi connectivity index (χ2n) is 7.93. The normalized spacial score (nSPS) is 13.5. The van der Waals surface area contributed by atoms with Crippen LogP contribution in [-0.2, 0) is 4.74 Å². The standard InChI is InChI=1S/C24H26N4O3/c1-16-6-8-19(9-7-16)28-17(2)14-20(18(28)3)22(29)15-31-24(30)21-10-11-23(26-25-21)27-12-4-5-13-27/h6-11,14H,4-5,12-13,15H2,1-3H3. The average molecular weight is 418 g/mol. The third-order valence-electron chi connectivity index (χ3n) is 5.65. The highest BCUT2D eigenvalue weighted by atomic mass is 16.5. The summed E-state index contributed by atoms with van der Waals surface area (Å²) in [4.78, 5) is 27.2. The van der Waals surface area contributed by atoms with Crippen molar-refractivity contribution in [2.24, 2.45) is 0 Å². The molecule has 7 heteroatoms. The summed E-state index contributed by atoms with van der Waals surface area (Å²) in [6.07, 6.45) is 2.27. The Balaban J connectivity index is 1.42. The van der Waals surface area contributed by atoms with Crippen molar-refractivity contribution in [1.29, 1.82) is 0 Å². The summed E-state index contributed by atoms with van der Waals surface area (Å²) in [6, 6.07) is 13.3. The largest absolute Gasteiger partial charge is 0.453 e. The van der Waals surface area contributed by atoms with E-state index in [1.807, 2.05) is 55.7 Å². The number of ketones is 1. The lowest BCUT2D eigenvalue weighted by molar-refractivity contribution is 0.0467. The van der Waals surface area contributed by atoms with E-state index < -0.39 is 5.97 Å². The molecule has 1 saturated heterocycles. The van der Waals surface area contributed by atoms with E-state index in [0.717, 1.165) is 48.8 Å². The van der Waals surface area contributed by atoms with Crippen molar-refractivity contribution in [3.05, 3.63) is 70.7 Å². The molecule has 0 spiro atoms. The molecule has 4 rings (SSSR count). The van der Waals surface area contributed by atoms with Crippen LogP contribution in [0.25, 0.3) is 5.69 Å². The summed E-state index contributed by atoms with van der Waals surface area (Å²) in [7, 11) is 0. The van der Waals surface area contributed by atoms with Gasteiger partial charge in [0.05, 0.1) is 0 Å². The minimum absolute atomic E-state index is 0.0980. The molecule has 0 saturated carbocycles. The Hall–Kier alpha value is -3.48. The van der Waals surface area contributed by atoms with Crippen LogP contribution in [0.5, 0.6) is 0 Å². The van der Waals surface area contributed by atoms with Crippen molar-refractivity contribution >= 4 is 17.6 Å². The lowest BCUT2D eigenvalue weighted by atomic mass is 10.1. The Morgan fingerprint density at radius 3 is 2.32 bits per heavy atom. The lowest BCUT2D eigenvalue weighted by Crippen LogP contribution is -2.20. The maximum absolute atomic E-state index is 12.7. The fourth-order valence-corrected chi connectivity index (χ4v) is 3.97. The number of esters is 1. The highest BCUT2D eigenvalue weighted by Gasteiger charge is 2.20. The number of Topliss-reactive ketones (excluding diaryl/α,β-unsaturated/α-hetero) is 1. The Labute approximate surface area is 181 Å². The number of rotatable bonds is 6. The van der Waals surface area contributed by atoms with Crippen LogP contribution in [0.2, 0.25) is 0 Å². The van der Waals surface area contributed by atoms with Crippen LogP contribution in [0.1, 0.15) is 50.6 Å². The molecule has 1 aromatic carbocycles. The Kier molecular flexibility index (Phi) is 5.84. The van der Waals surface area contributed by atoms with Gasteiger partial charge in [-0.1, -0.05) is 17.7 Å². The van der Waals surface area contributed by atoms with Crippen LogP contribution >= 0.6 is 0 Å². The summed E-state index contributed by atoms with van der Waals surface area (Å²) >= 11 is 0. The number of carbonyl (C=O) groups is 2. The summed E-state index contributed by atoms with van der Waals surface area (Å²) in [5, 5.41) is 8.10. The van der Waals surface area contributed by atoms with Gasteiger partial charge in [0.2, 0.25) is 5.78 Å². The third-order valence-corrected chi connectivity index (χ3v) is 5.65. The van der Waals surface area contributed by atoms with Crippen molar-refractivity contribution in [2.45, 2.75) is 33.6 Å². The molecule has 1 aliphatic heterocycles. The van der Waals surface area contributed by atoms with E-state index in [1.54, 1.807) is 12.1 Å². The lowest BCUT2D eigenvalue weighted by Gasteiger charge is -2.15. The molecule has 3 heterocycles. The van der Waals surface area contributed by atoms with Gasteiger partial charge in [0.25, 0.3) is 0 Å². The molecule has 0 atom stereocenters. The van der Waals surface area contributed by atoms with Gasteiger partial charge in [-0.3, -0.25) is 4.79 Å². The highest BCUT2D eigenvalue weighted by molar-refractivity contribution is 6.00. The minimum atomic E-state index is -0.652. The Morgan fingerprint density at radius 1 is 0.968 bits per heavy atom. The number of ether oxygens (including phenoxy) is 1. The molecule has 31 heavy (non-hydrogen) atoms. The molecule has 2 aromatic heterocycles. The fourth-order valence-electron chi connectivity index (χ4n) is 3.97. The molecule has 1 fully saturated rings. The molecule has 160 valence electrons. The van der Waals surface area contributed by atoms with E-state index in [0.29, 0.717) is 5.56 Å². The van der Waals surface area contributed by atoms with Crippen molar-refractivity contribution in [3.63, 3.8) is 0 Å². The first-order valence-corrected chi connectivity index (χ1v) is 10.5. The third kappa shape index (κ3) is 4.35. The quantitative estimate of drug-likeness (QED) is 0.447. The van der Waals surface area contributed by atoms with Crippen molar-refractivity contribution < 1.29 is 14.3 Å². The predicted octanol–water partition coefficient (Wildman–Crippen LogP) is 3.83. The number of aryl methyl sites for hydroxylation is 2. The van der Waals surface area contributed by atoms with Gasteiger partial charge < -0.3 is 14.2 Å². The number of carbonyl (C=O) groups excluding carboxylic acids is 2. The van der Waals surface area contributed by atoms with Crippen molar-refractivity contribution in [2.75, 3.05) is 24.6 Å². The van der Waals surface area contributed by atoms with Crippen LogP contribution < -0.4 is 4.90 Å². The molecule has 7 nitrogen and oxygen atoms in total. The van der Waals surface area contributed by atoms with Crippen LogP contribution in [0, 0.1) is 20.8 Å². The van der Waals surface area contributed by atoms with Crippen LogP contribution in [0.4, 0.5) is 5.82 Å². The topological polar surface area (TPSA) is 77.3 Å². The molecule has 0 radical (unpaired) electrons. The van der Waals surface area contributed by atoms with Gasteiger partial charge >= 0.3 is 5.97 Å². The maximum atomic E-state index is 12.7. The first kappa shape index (κ1) is 20.8. The SMILES string of the molecule is Cc1ccc(-n2c(C)cc(C(=O)COC(=O)c3ccc(N4CCCC4)nn3)c2C)cc1. The van der Waals surface area contributed by atoms with Crippen LogP contribution in [-0.4, -0.2) is 46.2 Å². The Bertz CT molecular complexity index is 1100. The smallest absolute Gasteiger partial charge is 0.359 e. The summed E-state index contributed by atoms with van der Waals surface area (Å²) in [5.41, 5.74) is 4.56. The predicted molar refractivity (Wildman–Crippen MR) is 118 cm³/mol. The zero-order valence-corrected chi connectivity index (χ0v) is 18.1. The van der Waals surface area contributed by atoms with E-state index in [1.165, 1.54) is 5.56 Å². The first-order valence-electron chi connectivity index (χ1n) is 10.5. The molecule has 0 unspecified atom stereocenters.